The lowest BCUT2D eigenvalue weighted by Crippen LogP contribution is -1.95. The first-order chi connectivity index (χ1) is 7.15. The maximum Gasteiger partial charge on any atom is 0.285 e. The third kappa shape index (κ3) is 3.49. The highest BCUT2D eigenvalue weighted by atomic mass is 32.2. The Hall–Kier alpha value is -1.14. The smallest absolute Gasteiger partial charge is 0.285 e. The van der Waals surface area contributed by atoms with Gasteiger partial charge in [-0.3, -0.25) is 10.1 Å². The minimum Gasteiger partial charge on any atom is -0.384 e. The molecule has 4 nitrogen and oxygen atoms in total. The highest BCUT2D eigenvalue weighted by molar-refractivity contribution is 7.99. The van der Waals surface area contributed by atoms with Crippen LogP contribution in [0.1, 0.15) is 0 Å². The number of ether oxygens (including phenoxy) is 1. The normalized spacial score (nSPS) is 10.3. The minimum absolute atomic E-state index is 0.198. The molecule has 0 aromatic heterocycles. The van der Waals surface area contributed by atoms with Crippen LogP contribution in [0.25, 0.3) is 0 Å². The van der Waals surface area contributed by atoms with Crippen LogP contribution in [0, 0.1) is 15.9 Å². The van der Waals surface area contributed by atoms with Gasteiger partial charge in [0.05, 0.1) is 22.5 Å². The van der Waals surface area contributed by atoms with Crippen molar-refractivity contribution in [1.82, 2.24) is 0 Å². The van der Waals surface area contributed by atoms with Gasteiger partial charge in [0.25, 0.3) is 5.69 Å². The lowest BCUT2D eigenvalue weighted by Gasteiger charge is -2.02. The maximum absolute atomic E-state index is 12.8. The molecule has 0 saturated carbocycles. The monoisotopic (exact) mass is 231 g/mol. The van der Waals surface area contributed by atoms with Crippen LogP contribution >= 0.6 is 11.8 Å². The van der Waals surface area contributed by atoms with Crippen molar-refractivity contribution in [3.63, 3.8) is 0 Å². The number of nitrogens with zero attached hydrogens (tertiary/aromatic N) is 1. The zero-order valence-electron chi connectivity index (χ0n) is 8.10. The van der Waals surface area contributed by atoms with Crippen molar-refractivity contribution in [1.29, 1.82) is 0 Å². The van der Waals surface area contributed by atoms with E-state index >= 15 is 0 Å². The number of hydrogen-bond acceptors (Lipinski definition) is 4. The molecule has 0 unspecified atom stereocenters. The number of methoxy groups -OCH3 is 1. The Kier molecular flexibility index (Phi) is 4.51. The van der Waals surface area contributed by atoms with Crippen molar-refractivity contribution in [2.75, 3.05) is 19.5 Å². The molecule has 82 valence electrons. The first-order valence-electron chi connectivity index (χ1n) is 4.21. The van der Waals surface area contributed by atoms with Crippen LogP contribution in [0.4, 0.5) is 10.1 Å². The predicted octanol–water partition coefficient (Wildman–Crippen LogP) is 2.47. The van der Waals surface area contributed by atoms with Gasteiger partial charge >= 0.3 is 0 Å². The average Bonchev–Trinajstić information content (AvgIpc) is 2.20. The summed E-state index contributed by atoms with van der Waals surface area (Å²) in [5.74, 6) is 0.000904. The Balaban J connectivity index is 2.81. The third-order valence-electron chi connectivity index (χ3n) is 1.66. The van der Waals surface area contributed by atoms with Crippen molar-refractivity contribution in [3.8, 4) is 0 Å². The lowest BCUT2D eigenvalue weighted by molar-refractivity contribution is -0.387. The second-order valence-corrected chi connectivity index (χ2v) is 3.85. The molecule has 0 amide bonds. The summed E-state index contributed by atoms with van der Waals surface area (Å²) >= 11 is 1.28. The van der Waals surface area contributed by atoms with Crippen molar-refractivity contribution < 1.29 is 14.1 Å². The molecular weight excluding hydrogens is 221 g/mol. The van der Waals surface area contributed by atoms with Gasteiger partial charge in [-0.2, -0.15) is 0 Å². The number of halogens is 1. The second kappa shape index (κ2) is 5.67. The second-order valence-electron chi connectivity index (χ2n) is 2.71. The molecule has 0 saturated heterocycles. The van der Waals surface area contributed by atoms with Gasteiger partial charge in [0, 0.05) is 12.9 Å². The van der Waals surface area contributed by atoms with Crippen LogP contribution in [0.2, 0.25) is 0 Å². The molecular formula is C9H10FNO3S. The van der Waals surface area contributed by atoms with Crippen LogP contribution in [0.3, 0.4) is 0 Å². The summed E-state index contributed by atoms with van der Waals surface area (Å²) in [6, 6.07) is 3.55. The number of benzene rings is 1. The van der Waals surface area contributed by atoms with Crippen LogP contribution in [-0.2, 0) is 4.74 Å². The molecule has 0 aliphatic carbocycles. The Bertz CT molecular complexity index is 359. The summed E-state index contributed by atoms with van der Waals surface area (Å²) in [4.78, 5) is 10.5. The SMILES string of the molecule is COCCSc1ccc(F)cc1[N+](=O)[O-]. The van der Waals surface area contributed by atoms with Gasteiger partial charge in [-0.15, -0.1) is 11.8 Å². The molecule has 0 heterocycles. The van der Waals surface area contributed by atoms with Crippen molar-refractivity contribution in [2.45, 2.75) is 4.90 Å². The maximum atomic E-state index is 12.8. The highest BCUT2D eigenvalue weighted by Crippen LogP contribution is 2.29. The van der Waals surface area contributed by atoms with Crippen LogP contribution in [-0.4, -0.2) is 24.4 Å². The predicted molar refractivity (Wildman–Crippen MR) is 55.7 cm³/mol. The van der Waals surface area contributed by atoms with E-state index in [4.69, 9.17) is 4.74 Å². The zero-order valence-corrected chi connectivity index (χ0v) is 8.92. The van der Waals surface area contributed by atoms with E-state index in [9.17, 15) is 14.5 Å². The Labute approximate surface area is 90.6 Å². The van der Waals surface area contributed by atoms with Gasteiger partial charge in [-0.05, 0) is 12.1 Å². The minimum atomic E-state index is -0.599. The lowest BCUT2D eigenvalue weighted by atomic mass is 10.3. The molecule has 1 aromatic rings. The molecule has 0 fully saturated rings. The van der Waals surface area contributed by atoms with Crippen molar-refractivity contribution in [3.05, 3.63) is 34.1 Å². The highest BCUT2D eigenvalue weighted by Gasteiger charge is 2.14. The van der Waals surface area contributed by atoms with Crippen LogP contribution in [0.5, 0.6) is 0 Å². The largest absolute Gasteiger partial charge is 0.384 e. The zero-order chi connectivity index (χ0) is 11.3. The molecule has 0 aliphatic heterocycles. The van der Waals surface area contributed by atoms with E-state index < -0.39 is 10.7 Å². The van der Waals surface area contributed by atoms with Crippen LogP contribution < -0.4 is 0 Å². The standard InChI is InChI=1S/C9H10FNO3S/c1-14-4-5-15-9-3-2-7(10)6-8(9)11(12)13/h2-3,6H,4-5H2,1H3. The number of nitro benzene ring substituents is 1. The summed E-state index contributed by atoms with van der Waals surface area (Å²) in [5.41, 5.74) is -0.198. The summed E-state index contributed by atoms with van der Waals surface area (Å²) in [6.07, 6.45) is 0. The Morgan fingerprint density at radius 1 is 1.60 bits per heavy atom. The molecule has 15 heavy (non-hydrogen) atoms. The number of nitro groups is 1. The number of hydrogen-bond donors (Lipinski definition) is 0. The Morgan fingerprint density at radius 3 is 2.93 bits per heavy atom. The van der Waals surface area contributed by atoms with E-state index in [1.165, 1.54) is 23.9 Å². The summed E-state index contributed by atoms with van der Waals surface area (Å²) in [5, 5.41) is 10.6. The molecule has 6 heteroatoms. The van der Waals surface area contributed by atoms with Gasteiger partial charge in [-0.25, -0.2) is 4.39 Å². The molecule has 0 aliphatic rings. The molecule has 0 bridgehead atoms. The van der Waals surface area contributed by atoms with Gasteiger partial charge in [0.15, 0.2) is 0 Å². The fourth-order valence-electron chi connectivity index (χ4n) is 0.990. The van der Waals surface area contributed by atoms with Gasteiger partial charge in [-0.1, -0.05) is 0 Å². The van der Waals surface area contributed by atoms with E-state index in [1.54, 1.807) is 7.11 Å². The molecule has 0 spiro atoms. The quantitative estimate of drug-likeness (QED) is 0.338. The van der Waals surface area contributed by atoms with Gasteiger partial charge < -0.3 is 4.74 Å². The van der Waals surface area contributed by atoms with E-state index in [0.29, 0.717) is 17.3 Å². The molecule has 0 N–H and O–H groups in total. The topological polar surface area (TPSA) is 52.4 Å². The van der Waals surface area contributed by atoms with E-state index in [0.717, 1.165) is 6.07 Å². The van der Waals surface area contributed by atoms with Crippen molar-refractivity contribution >= 4 is 17.4 Å². The van der Waals surface area contributed by atoms with Gasteiger partial charge in [0.1, 0.15) is 5.82 Å². The van der Waals surface area contributed by atoms with Gasteiger partial charge in [0.2, 0.25) is 0 Å². The Morgan fingerprint density at radius 2 is 2.33 bits per heavy atom. The average molecular weight is 231 g/mol. The third-order valence-corrected chi connectivity index (χ3v) is 2.69. The fraction of sp³-hybridized carbons (Fsp3) is 0.333. The van der Waals surface area contributed by atoms with E-state index in [2.05, 4.69) is 0 Å². The number of rotatable bonds is 5. The summed E-state index contributed by atoms with van der Waals surface area (Å²) in [7, 11) is 1.56. The molecule has 0 atom stereocenters. The first kappa shape index (κ1) is 11.9. The molecule has 0 radical (unpaired) electrons. The van der Waals surface area contributed by atoms with Crippen LogP contribution in [0.15, 0.2) is 23.1 Å². The van der Waals surface area contributed by atoms with E-state index in [1.807, 2.05) is 0 Å². The summed E-state index contributed by atoms with van der Waals surface area (Å²) < 4.78 is 17.6. The number of thioether (sulfide) groups is 1. The first-order valence-corrected chi connectivity index (χ1v) is 5.19. The molecule has 1 rings (SSSR count). The van der Waals surface area contributed by atoms with E-state index in [-0.39, 0.29) is 5.69 Å². The summed E-state index contributed by atoms with van der Waals surface area (Å²) in [6.45, 7) is 0.499. The fourth-order valence-corrected chi connectivity index (χ4v) is 1.91. The molecule has 1 aromatic carbocycles. The van der Waals surface area contributed by atoms with Crippen molar-refractivity contribution in [2.24, 2.45) is 0 Å².